The number of ether oxygens (including phenoxy) is 1. The average Bonchev–Trinajstić information content (AvgIpc) is 2.67. The number of rotatable bonds is 4. The van der Waals surface area contributed by atoms with E-state index in [1.165, 1.54) is 12.1 Å². The molecule has 0 radical (unpaired) electrons. The van der Waals surface area contributed by atoms with Crippen LogP contribution in [0, 0.1) is 0 Å². The molecule has 1 aromatic carbocycles. The van der Waals surface area contributed by atoms with Gasteiger partial charge in [-0.3, -0.25) is 0 Å². The third kappa shape index (κ3) is 2.93. The summed E-state index contributed by atoms with van der Waals surface area (Å²) in [4.78, 5) is 0. The maximum Gasteiger partial charge on any atom is 0.387 e. The first-order valence-corrected chi connectivity index (χ1v) is 4.96. The van der Waals surface area contributed by atoms with Crippen LogP contribution in [0.1, 0.15) is 5.56 Å². The molecule has 0 aliphatic carbocycles. The minimum atomic E-state index is -2.80. The first-order valence-electron chi connectivity index (χ1n) is 4.96. The van der Waals surface area contributed by atoms with Crippen LogP contribution in [0.5, 0.6) is 5.75 Å². The van der Waals surface area contributed by atoms with E-state index in [9.17, 15) is 8.78 Å². The molecular formula is C11H11F2N3O. The van der Waals surface area contributed by atoms with E-state index in [1.807, 2.05) is 0 Å². The zero-order valence-electron chi connectivity index (χ0n) is 8.88. The standard InChI is InChI=1S/C11H11F2N3O/c12-11(13)17-9-3-1-8(2-4-9)7-16-10(14)5-6-15-16/h1-6,11H,7,14H2. The van der Waals surface area contributed by atoms with Crippen molar-refractivity contribution >= 4 is 5.82 Å². The van der Waals surface area contributed by atoms with Crippen molar-refractivity contribution in [1.82, 2.24) is 9.78 Å². The van der Waals surface area contributed by atoms with Gasteiger partial charge in [-0.2, -0.15) is 13.9 Å². The lowest BCUT2D eigenvalue weighted by Gasteiger charge is -2.07. The Bertz CT molecular complexity index is 482. The van der Waals surface area contributed by atoms with E-state index < -0.39 is 6.61 Å². The molecule has 0 bridgehead atoms. The molecule has 0 saturated carbocycles. The van der Waals surface area contributed by atoms with Crippen LogP contribution < -0.4 is 10.5 Å². The van der Waals surface area contributed by atoms with Crippen LogP contribution in [-0.2, 0) is 6.54 Å². The minimum absolute atomic E-state index is 0.136. The van der Waals surface area contributed by atoms with Crippen LogP contribution in [0.4, 0.5) is 14.6 Å². The summed E-state index contributed by atoms with van der Waals surface area (Å²) in [6.45, 7) is -2.31. The van der Waals surface area contributed by atoms with Gasteiger partial charge in [-0.1, -0.05) is 12.1 Å². The van der Waals surface area contributed by atoms with E-state index in [0.717, 1.165) is 5.56 Å². The second-order valence-electron chi connectivity index (χ2n) is 3.44. The molecule has 0 atom stereocenters. The summed E-state index contributed by atoms with van der Waals surface area (Å²) in [6.07, 6.45) is 1.60. The van der Waals surface area contributed by atoms with E-state index in [4.69, 9.17) is 5.73 Å². The summed E-state index contributed by atoms with van der Waals surface area (Å²) >= 11 is 0. The molecule has 2 aromatic rings. The molecular weight excluding hydrogens is 228 g/mol. The minimum Gasteiger partial charge on any atom is -0.435 e. The SMILES string of the molecule is Nc1ccnn1Cc1ccc(OC(F)F)cc1. The van der Waals surface area contributed by atoms with E-state index in [1.54, 1.807) is 29.1 Å². The van der Waals surface area contributed by atoms with E-state index in [0.29, 0.717) is 12.4 Å². The molecule has 4 nitrogen and oxygen atoms in total. The predicted octanol–water partition coefficient (Wildman–Crippen LogP) is 2.12. The fraction of sp³-hybridized carbons (Fsp3) is 0.182. The second kappa shape index (κ2) is 4.82. The van der Waals surface area contributed by atoms with Crippen LogP contribution >= 0.6 is 0 Å². The summed E-state index contributed by atoms with van der Waals surface area (Å²) in [6, 6.07) is 8.05. The number of nitrogens with two attached hydrogens (primary N) is 1. The summed E-state index contributed by atoms with van der Waals surface area (Å²) < 4.78 is 29.7. The van der Waals surface area contributed by atoms with Gasteiger partial charge < -0.3 is 10.5 Å². The Kier molecular flexibility index (Phi) is 3.22. The lowest BCUT2D eigenvalue weighted by atomic mass is 10.2. The summed E-state index contributed by atoms with van der Waals surface area (Å²) in [7, 11) is 0. The highest BCUT2D eigenvalue weighted by atomic mass is 19.3. The van der Waals surface area contributed by atoms with Gasteiger partial charge in [0.25, 0.3) is 0 Å². The normalized spacial score (nSPS) is 10.8. The van der Waals surface area contributed by atoms with E-state index in [2.05, 4.69) is 9.84 Å². The molecule has 6 heteroatoms. The number of anilines is 1. The molecule has 0 aliphatic rings. The Morgan fingerprint density at radius 1 is 1.24 bits per heavy atom. The first kappa shape index (κ1) is 11.4. The van der Waals surface area contributed by atoms with Crippen molar-refractivity contribution in [2.75, 3.05) is 5.73 Å². The largest absolute Gasteiger partial charge is 0.435 e. The predicted molar refractivity (Wildman–Crippen MR) is 58.8 cm³/mol. The number of hydrogen-bond donors (Lipinski definition) is 1. The number of benzene rings is 1. The third-order valence-electron chi connectivity index (χ3n) is 2.23. The summed E-state index contributed by atoms with van der Waals surface area (Å²) in [5, 5.41) is 4.02. The monoisotopic (exact) mass is 239 g/mol. The number of aromatic nitrogens is 2. The Hall–Kier alpha value is -2.11. The van der Waals surface area contributed by atoms with Crippen molar-refractivity contribution < 1.29 is 13.5 Å². The molecule has 0 amide bonds. The third-order valence-corrected chi connectivity index (χ3v) is 2.23. The van der Waals surface area contributed by atoms with Crippen molar-refractivity contribution in [2.45, 2.75) is 13.2 Å². The van der Waals surface area contributed by atoms with Crippen molar-refractivity contribution in [3.63, 3.8) is 0 Å². The van der Waals surface area contributed by atoms with Gasteiger partial charge in [-0.05, 0) is 23.8 Å². The smallest absolute Gasteiger partial charge is 0.387 e. The Morgan fingerprint density at radius 3 is 2.47 bits per heavy atom. The molecule has 1 aromatic heterocycles. The van der Waals surface area contributed by atoms with Crippen molar-refractivity contribution in [1.29, 1.82) is 0 Å². The highest BCUT2D eigenvalue weighted by Crippen LogP contribution is 2.16. The van der Waals surface area contributed by atoms with Gasteiger partial charge in [0.05, 0.1) is 12.7 Å². The topological polar surface area (TPSA) is 53.1 Å². The Balaban J connectivity index is 2.06. The maximum absolute atomic E-state index is 11.9. The van der Waals surface area contributed by atoms with Crippen LogP contribution in [0.15, 0.2) is 36.5 Å². The molecule has 1 heterocycles. The number of hydrogen-bond acceptors (Lipinski definition) is 3. The summed E-state index contributed by atoms with van der Waals surface area (Å²) in [5.74, 6) is 0.690. The number of alkyl halides is 2. The molecule has 0 fully saturated rings. The lowest BCUT2D eigenvalue weighted by Crippen LogP contribution is -2.06. The maximum atomic E-state index is 11.9. The second-order valence-corrected chi connectivity index (χ2v) is 3.44. The van der Waals surface area contributed by atoms with Gasteiger partial charge in [0.1, 0.15) is 11.6 Å². The number of halogens is 2. The van der Waals surface area contributed by atoms with E-state index in [-0.39, 0.29) is 5.75 Å². The van der Waals surface area contributed by atoms with Crippen LogP contribution in [0.25, 0.3) is 0 Å². The van der Waals surface area contributed by atoms with Crippen molar-refractivity contribution in [3.8, 4) is 5.75 Å². The summed E-state index contributed by atoms with van der Waals surface area (Å²) in [5.41, 5.74) is 6.57. The van der Waals surface area contributed by atoms with Crippen molar-refractivity contribution in [2.24, 2.45) is 0 Å². The zero-order chi connectivity index (χ0) is 12.3. The molecule has 2 rings (SSSR count). The van der Waals surface area contributed by atoms with Gasteiger partial charge >= 0.3 is 6.61 Å². The van der Waals surface area contributed by atoms with Gasteiger partial charge in [0.2, 0.25) is 0 Å². The van der Waals surface area contributed by atoms with Crippen LogP contribution in [0.3, 0.4) is 0 Å². The van der Waals surface area contributed by atoms with Gasteiger partial charge in [0.15, 0.2) is 0 Å². The fourth-order valence-electron chi connectivity index (χ4n) is 1.42. The van der Waals surface area contributed by atoms with Gasteiger partial charge in [-0.15, -0.1) is 0 Å². The molecule has 2 N–H and O–H groups in total. The Morgan fingerprint density at radius 2 is 1.94 bits per heavy atom. The van der Waals surface area contributed by atoms with Crippen LogP contribution in [0.2, 0.25) is 0 Å². The molecule has 0 unspecified atom stereocenters. The van der Waals surface area contributed by atoms with Gasteiger partial charge in [-0.25, -0.2) is 4.68 Å². The average molecular weight is 239 g/mol. The van der Waals surface area contributed by atoms with Gasteiger partial charge in [0, 0.05) is 0 Å². The number of nitrogens with zero attached hydrogens (tertiary/aromatic N) is 2. The van der Waals surface area contributed by atoms with Crippen molar-refractivity contribution in [3.05, 3.63) is 42.1 Å². The van der Waals surface area contributed by atoms with Crippen LogP contribution in [-0.4, -0.2) is 16.4 Å². The zero-order valence-corrected chi connectivity index (χ0v) is 8.88. The molecule has 0 spiro atoms. The van der Waals surface area contributed by atoms with E-state index >= 15 is 0 Å². The highest BCUT2D eigenvalue weighted by molar-refractivity contribution is 5.30. The molecule has 90 valence electrons. The molecule has 0 aliphatic heterocycles. The quantitative estimate of drug-likeness (QED) is 0.889. The molecule has 0 saturated heterocycles. The lowest BCUT2D eigenvalue weighted by molar-refractivity contribution is -0.0498. The Labute approximate surface area is 96.6 Å². The highest BCUT2D eigenvalue weighted by Gasteiger charge is 2.04. The first-order chi connectivity index (χ1) is 8.15. The fourth-order valence-corrected chi connectivity index (χ4v) is 1.42. The molecule has 17 heavy (non-hydrogen) atoms. The number of nitrogen functional groups attached to an aromatic ring is 1.